The van der Waals surface area contributed by atoms with Gasteiger partial charge in [0.1, 0.15) is 0 Å². The molecule has 9 nitrogen and oxygen atoms in total. The Morgan fingerprint density at radius 2 is 1.82 bits per heavy atom. The Labute approximate surface area is 194 Å². The predicted octanol–water partition coefficient (Wildman–Crippen LogP) is 2.66. The molecule has 0 spiro atoms. The van der Waals surface area contributed by atoms with Gasteiger partial charge in [-0.05, 0) is 41.5 Å². The van der Waals surface area contributed by atoms with E-state index < -0.39 is 28.4 Å². The molecule has 2 aromatic carbocycles. The maximum absolute atomic E-state index is 12.9. The molecule has 13 heteroatoms. The highest BCUT2D eigenvalue weighted by atomic mass is 32.2. The lowest BCUT2D eigenvalue weighted by molar-refractivity contribution is -0.355. The van der Waals surface area contributed by atoms with Crippen molar-refractivity contribution in [3.8, 4) is 0 Å². The molecular weight excluding hydrogens is 477 g/mol. The van der Waals surface area contributed by atoms with Crippen LogP contribution < -0.4 is 9.62 Å². The van der Waals surface area contributed by atoms with Gasteiger partial charge in [-0.25, -0.2) is 17.9 Å². The van der Waals surface area contributed by atoms with Crippen LogP contribution in [0.25, 0.3) is 0 Å². The number of urea groups is 1. The number of anilines is 1. The fourth-order valence-electron chi connectivity index (χ4n) is 3.11. The van der Waals surface area contributed by atoms with Gasteiger partial charge in [0.15, 0.2) is 0 Å². The number of amides is 2. The monoisotopic (exact) mass is 500 g/mol. The summed E-state index contributed by atoms with van der Waals surface area (Å²) in [7, 11) is 0.840. The van der Waals surface area contributed by atoms with Crippen LogP contribution in [0.5, 0.6) is 0 Å². The number of carbonyl (C=O) groups excluding carboxylic acids is 1. The Kier molecular flexibility index (Phi) is 6.92. The van der Waals surface area contributed by atoms with Crippen LogP contribution in [0.2, 0.25) is 0 Å². The summed E-state index contributed by atoms with van der Waals surface area (Å²) in [6, 6.07) is 11.5. The minimum atomic E-state index is -5.02. The summed E-state index contributed by atoms with van der Waals surface area (Å²) in [6.45, 7) is -0.144. The van der Waals surface area contributed by atoms with E-state index in [1.54, 1.807) is 27.2 Å². The van der Waals surface area contributed by atoms with Crippen molar-refractivity contribution in [1.82, 2.24) is 9.62 Å². The molecule has 3 rings (SSSR count). The smallest absolute Gasteiger partial charge is 0.350 e. The van der Waals surface area contributed by atoms with Crippen molar-refractivity contribution in [3.05, 3.63) is 59.7 Å². The molecule has 34 heavy (non-hydrogen) atoms. The zero-order valence-corrected chi connectivity index (χ0v) is 19.3. The van der Waals surface area contributed by atoms with Gasteiger partial charge in [0.25, 0.3) is 0 Å². The molecular formula is C21H23F3N4O5S. The summed E-state index contributed by atoms with van der Waals surface area (Å²) < 4.78 is 66.5. The second kappa shape index (κ2) is 9.24. The van der Waals surface area contributed by atoms with E-state index in [0.717, 1.165) is 0 Å². The highest BCUT2D eigenvalue weighted by Crippen LogP contribution is 2.39. The van der Waals surface area contributed by atoms with E-state index >= 15 is 0 Å². The van der Waals surface area contributed by atoms with Crippen molar-refractivity contribution in [1.29, 1.82) is 0 Å². The molecule has 0 saturated heterocycles. The number of nitrogens with zero attached hydrogens (tertiary/aromatic N) is 3. The number of halogens is 3. The molecule has 0 radical (unpaired) electrons. The van der Waals surface area contributed by atoms with Crippen molar-refractivity contribution in [3.63, 3.8) is 0 Å². The van der Waals surface area contributed by atoms with Gasteiger partial charge < -0.3 is 14.8 Å². The third-order valence-corrected chi connectivity index (χ3v) is 6.50. The van der Waals surface area contributed by atoms with Crippen molar-refractivity contribution in [2.45, 2.75) is 29.8 Å². The maximum Gasteiger partial charge on any atom is 0.458 e. The van der Waals surface area contributed by atoms with Gasteiger partial charge in [-0.15, -0.1) is 0 Å². The summed E-state index contributed by atoms with van der Waals surface area (Å²) in [5, 5.41) is 12.9. The first-order valence-electron chi connectivity index (χ1n) is 9.92. The molecule has 0 saturated carbocycles. The summed E-state index contributed by atoms with van der Waals surface area (Å²) in [5.41, 5.74) is 1.11. The fourth-order valence-corrected chi connectivity index (χ4v) is 4.13. The molecule has 1 heterocycles. The van der Waals surface area contributed by atoms with Crippen LogP contribution in [0.15, 0.2) is 58.6 Å². The molecule has 1 atom stereocenters. The quantitative estimate of drug-likeness (QED) is 0.634. The van der Waals surface area contributed by atoms with E-state index in [-0.39, 0.29) is 28.7 Å². The number of nitrogens with one attached hydrogen (secondary N) is 1. The molecule has 1 aliphatic rings. The zero-order chi connectivity index (χ0) is 25.3. The zero-order valence-electron chi connectivity index (χ0n) is 18.5. The molecule has 2 amide bonds. The molecule has 0 aliphatic carbocycles. The number of carbonyl (C=O) groups is 1. The Balaban J connectivity index is 1.68. The van der Waals surface area contributed by atoms with Crippen molar-refractivity contribution >= 4 is 27.5 Å². The summed E-state index contributed by atoms with van der Waals surface area (Å²) >= 11 is 0. The Morgan fingerprint density at radius 1 is 1.18 bits per heavy atom. The van der Waals surface area contributed by atoms with Crippen molar-refractivity contribution < 1.29 is 36.3 Å². The van der Waals surface area contributed by atoms with Crippen LogP contribution in [-0.4, -0.2) is 63.3 Å². The first kappa shape index (κ1) is 25.5. The third-order valence-electron chi connectivity index (χ3n) is 5.09. The van der Waals surface area contributed by atoms with Crippen LogP contribution in [0.1, 0.15) is 17.5 Å². The normalized spacial score (nSPS) is 18.3. The van der Waals surface area contributed by atoms with Gasteiger partial charge in [-0.2, -0.15) is 13.2 Å². The first-order valence-corrected chi connectivity index (χ1v) is 11.4. The average molecular weight is 500 g/mol. The number of oxime groups is 1. The molecule has 1 aliphatic heterocycles. The van der Waals surface area contributed by atoms with Crippen LogP contribution in [0.4, 0.5) is 23.7 Å². The second-order valence-corrected chi connectivity index (χ2v) is 9.61. The highest BCUT2D eigenvalue weighted by molar-refractivity contribution is 7.89. The summed E-state index contributed by atoms with van der Waals surface area (Å²) in [4.78, 5) is 19.0. The third kappa shape index (κ3) is 5.32. The number of benzene rings is 2. The molecule has 2 N–H and O–H groups in total. The van der Waals surface area contributed by atoms with Crippen molar-refractivity contribution in [2.75, 3.05) is 26.0 Å². The van der Waals surface area contributed by atoms with Gasteiger partial charge in [0.2, 0.25) is 10.0 Å². The van der Waals surface area contributed by atoms with Gasteiger partial charge in [0.05, 0.1) is 17.0 Å². The standard InChI is InChI=1S/C21H23F3N4O5S/c1-27(2)19(29)28(3)16-7-9-17(10-8-16)34(31,32)25-13-14-5-4-6-15(11-14)18-12-20(30,33-26-18)21(22,23)24/h4-11,25,30H,12-13H2,1-3H3. The van der Waals surface area contributed by atoms with Gasteiger partial charge in [-0.3, -0.25) is 4.90 Å². The number of rotatable bonds is 6. The summed E-state index contributed by atoms with van der Waals surface area (Å²) in [6.07, 6.45) is -5.90. The maximum atomic E-state index is 12.9. The highest BCUT2D eigenvalue weighted by Gasteiger charge is 2.60. The van der Waals surface area contributed by atoms with Gasteiger partial charge >= 0.3 is 18.0 Å². The van der Waals surface area contributed by atoms with E-state index in [2.05, 4.69) is 14.7 Å². The number of hydrogen-bond donors (Lipinski definition) is 2. The number of alkyl halides is 3. The number of sulfonamides is 1. The summed E-state index contributed by atoms with van der Waals surface area (Å²) in [5.74, 6) is -3.39. The minimum absolute atomic E-state index is 0.0260. The number of hydrogen-bond acceptors (Lipinski definition) is 6. The SMILES string of the molecule is CN(C)C(=O)N(C)c1ccc(S(=O)(=O)NCc2cccc(C3=NOC(O)(C(F)(F)F)C3)c2)cc1. The second-order valence-electron chi connectivity index (χ2n) is 7.84. The molecule has 1 unspecified atom stereocenters. The van der Waals surface area contributed by atoms with Gasteiger partial charge in [0, 0.05) is 33.4 Å². The molecule has 0 aromatic heterocycles. The topological polar surface area (TPSA) is 112 Å². The molecule has 2 aromatic rings. The van der Waals surface area contributed by atoms with E-state index in [1.165, 1.54) is 52.3 Å². The lowest BCUT2D eigenvalue weighted by Gasteiger charge is -2.22. The lowest BCUT2D eigenvalue weighted by Crippen LogP contribution is -2.45. The Bertz CT molecular complexity index is 1200. The predicted molar refractivity (Wildman–Crippen MR) is 118 cm³/mol. The van der Waals surface area contributed by atoms with E-state index in [4.69, 9.17) is 0 Å². The first-order chi connectivity index (χ1) is 15.7. The van der Waals surface area contributed by atoms with E-state index in [1.807, 2.05) is 0 Å². The largest absolute Gasteiger partial charge is 0.458 e. The van der Waals surface area contributed by atoms with E-state index in [0.29, 0.717) is 11.3 Å². The van der Waals surface area contributed by atoms with E-state index in [9.17, 15) is 31.5 Å². The van der Waals surface area contributed by atoms with Crippen LogP contribution in [0.3, 0.4) is 0 Å². The van der Waals surface area contributed by atoms with Crippen LogP contribution >= 0.6 is 0 Å². The lowest BCUT2D eigenvalue weighted by atomic mass is 10.0. The number of aliphatic hydroxyl groups is 1. The molecule has 0 fully saturated rings. The molecule has 0 bridgehead atoms. The van der Waals surface area contributed by atoms with Crippen molar-refractivity contribution in [2.24, 2.45) is 5.16 Å². The Hall–Kier alpha value is -3.16. The Morgan fingerprint density at radius 3 is 2.38 bits per heavy atom. The fraction of sp³-hybridized carbons (Fsp3) is 0.333. The average Bonchev–Trinajstić information content (AvgIpc) is 3.20. The van der Waals surface area contributed by atoms with Crippen LogP contribution in [-0.2, 0) is 21.4 Å². The minimum Gasteiger partial charge on any atom is -0.350 e. The van der Waals surface area contributed by atoms with Gasteiger partial charge in [-0.1, -0.05) is 23.4 Å². The van der Waals surface area contributed by atoms with Crippen LogP contribution in [0, 0.1) is 0 Å². The molecule has 184 valence electrons.